The Morgan fingerprint density at radius 2 is 1.40 bits per heavy atom. The Morgan fingerprint density at radius 3 is 1.97 bits per heavy atom. The summed E-state index contributed by atoms with van der Waals surface area (Å²) in [5, 5.41) is 0.561. The highest BCUT2D eigenvalue weighted by atomic mass is 35.5. The summed E-state index contributed by atoms with van der Waals surface area (Å²) in [6, 6.07) is 5.47. The lowest BCUT2D eigenvalue weighted by Crippen LogP contribution is -2.41. The van der Waals surface area contributed by atoms with Crippen LogP contribution in [0.3, 0.4) is 0 Å². The standard InChI is InChI=1S/C26H26ClNO2/c1-12-2-3-17(27)11-20(12)28-25(29)23-18-4-5-19(24(23)26(28)30)22(18)21-15-7-13-6-14(9-15)10-16(21)8-13/h2-5,11,13-16,18-19,23-24H,6-10H2,1H3/t13?,14?,15?,16?,18-,19-,23+,24+/m0/s1. The lowest BCUT2D eigenvalue weighted by Gasteiger charge is -2.52. The molecule has 1 aliphatic heterocycles. The van der Waals surface area contributed by atoms with Crippen LogP contribution in [0.5, 0.6) is 0 Å². The van der Waals surface area contributed by atoms with Crippen molar-refractivity contribution < 1.29 is 9.59 Å². The minimum atomic E-state index is -0.217. The highest BCUT2D eigenvalue weighted by Crippen LogP contribution is 2.64. The number of amides is 2. The average molecular weight is 420 g/mol. The summed E-state index contributed by atoms with van der Waals surface area (Å²) in [6.07, 6.45) is 11.3. The molecule has 30 heavy (non-hydrogen) atoms. The van der Waals surface area contributed by atoms with E-state index in [2.05, 4.69) is 12.2 Å². The Kier molecular flexibility index (Phi) is 3.48. The van der Waals surface area contributed by atoms with Crippen LogP contribution in [0.25, 0.3) is 0 Å². The van der Waals surface area contributed by atoms with Crippen molar-refractivity contribution in [3.63, 3.8) is 0 Å². The van der Waals surface area contributed by atoms with Crippen molar-refractivity contribution in [1.29, 1.82) is 0 Å². The first-order valence-corrected chi connectivity index (χ1v) is 11.9. The molecule has 6 fully saturated rings. The predicted molar refractivity (Wildman–Crippen MR) is 116 cm³/mol. The molecule has 7 aliphatic rings. The SMILES string of the molecule is Cc1ccc(Cl)cc1N1C(=O)[C@H]2[C@H](C1=O)[C@H]1C=C[C@H]2C1=C1C2CC3CC(C2)CC1C3. The second-order valence-electron chi connectivity index (χ2n) is 10.6. The van der Waals surface area contributed by atoms with Crippen LogP contribution in [0.1, 0.15) is 37.7 Å². The largest absolute Gasteiger partial charge is 0.274 e. The Labute approximate surface area is 182 Å². The molecular weight excluding hydrogens is 394 g/mol. The summed E-state index contributed by atoms with van der Waals surface area (Å²) < 4.78 is 0. The van der Waals surface area contributed by atoms with Crippen LogP contribution in [0, 0.1) is 54.3 Å². The molecule has 4 atom stereocenters. The quantitative estimate of drug-likeness (QED) is 0.456. The van der Waals surface area contributed by atoms with Gasteiger partial charge in [0.05, 0.1) is 17.5 Å². The number of anilines is 1. The molecule has 0 unspecified atom stereocenters. The number of benzene rings is 1. The lowest BCUT2D eigenvalue weighted by molar-refractivity contribution is -0.123. The van der Waals surface area contributed by atoms with Crippen molar-refractivity contribution in [2.24, 2.45) is 47.3 Å². The van der Waals surface area contributed by atoms with Gasteiger partial charge in [-0.15, -0.1) is 0 Å². The van der Waals surface area contributed by atoms with Crippen LogP contribution in [0.15, 0.2) is 41.5 Å². The smallest absolute Gasteiger partial charge is 0.238 e. The number of carbonyl (C=O) groups is 2. The van der Waals surface area contributed by atoms with Crippen molar-refractivity contribution in [2.45, 2.75) is 39.0 Å². The zero-order chi connectivity index (χ0) is 20.3. The second kappa shape index (κ2) is 5.88. The van der Waals surface area contributed by atoms with Gasteiger partial charge in [0, 0.05) is 16.9 Å². The van der Waals surface area contributed by atoms with E-state index in [0.29, 0.717) is 10.7 Å². The van der Waals surface area contributed by atoms with Crippen LogP contribution < -0.4 is 4.90 Å². The fourth-order valence-corrected chi connectivity index (χ4v) is 8.54. The van der Waals surface area contributed by atoms with E-state index in [1.54, 1.807) is 11.6 Å². The van der Waals surface area contributed by atoms with Gasteiger partial charge in [0.1, 0.15) is 0 Å². The molecule has 1 heterocycles. The first-order valence-electron chi connectivity index (χ1n) is 11.6. The molecule has 6 aliphatic carbocycles. The normalized spacial score (nSPS) is 42.8. The van der Waals surface area contributed by atoms with Crippen molar-refractivity contribution in [3.05, 3.63) is 52.1 Å². The summed E-state index contributed by atoms with van der Waals surface area (Å²) in [7, 11) is 0. The van der Waals surface area contributed by atoms with Gasteiger partial charge in [-0.2, -0.15) is 0 Å². The first kappa shape index (κ1) is 17.8. The molecule has 0 radical (unpaired) electrons. The third-order valence-corrected chi connectivity index (χ3v) is 9.41. The molecule has 1 saturated heterocycles. The van der Waals surface area contributed by atoms with Gasteiger partial charge < -0.3 is 0 Å². The summed E-state index contributed by atoms with van der Waals surface area (Å²) >= 11 is 6.21. The van der Waals surface area contributed by atoms with Crippen LogP contribution in [-0.2, 0) is 9.59 Å². The molecule has 8 rings (SSSR count). The predicted octanol–water partition coefficient (Wildman–Crippen LogP) is 5.32. The van der Waals surface area contributed by atoms with Gasteiger partial charge in [0.25, 0.3) is 0 Å². The Morgan fingerprint density at radius 1 is 0.833 bits per heavy atom. The van der Waals surface area contributed by atoms with E-state index in [4.69, 9.17) is 11.6 Å². The molecule has 0 N–H and O–H groups in total. The molecule has 154 valence electrons. The van der Waals surface area contributed by atoms with Crippen LogP contribution >= 0.6 is 11.6 Å². The molecule has 1 aromatic carbocycles. The molecule has 0 aromatic heterocycles. The third kappa shape index (κ3) is 2.12. The van der Waals surface area contributed by atoms with Gasteiger partial charge in [0.15, 0.2) is 0 Å². The van der Waals surface area contributed by atoms with Crippen molar-refractivity contribution in [1.82, 2.24) is 0 Å². The minimum absolute atomic E-state index is 0.0193. The topological polar surface area (TPSA) is 37.4 Å². The monoisotopic (exact) mass is 419 g/mol. The number of halogens is 1. The van der Waals surface area contributed by atoms with Crippen molar-refractivity contribution in [3.8, 4) is 0 Å². The maximum Gasteiger partial charge on any atom is 0.238 e. The number of carbonyl (C=O) groups excluding carboxylic acids is 2. The van der Waals surface area contributed by atoms with Crippen LogP contribution in [0.4, 0.5) is 5.69 Å². The molecule has 1 aromatic rings. The zero-order valence-corrected chi connectivity index (χ0v) is 17.9. The van der Waals surface area contributed by atoms with Gasteiger partial charge >= 0.3 is 0 Å². The van der Waals surface area contributed by atoms with E-state index < -0.39 is 0 Å². The highest BCUT2D eigenvalue weighted by molar-refractivity contribution is 6.31. The number of aryl methyl sites for hydroxylation is 1. The summed E-state index contributed by atoms with van der Waals surface area (Å²) in [6.45, 7) is 1.94. The fourth-order valence-electron chi connectivity index (χ4n) is 8.37. The number of fused-ring (bicyclic) bond motifs is 5. The fraction of sp³-hybridized carbons (Fsp3) is 0.538. The van der Waals surface area contributed by atoms with E-state index in [1.807, 2.05) is 19.1 Å². The van der Waals surface area contributed by atoms with Gasteiger partial charge in [0.2, 0.25) is 11.8 Å². The van der Waals surface area contributed by atoms with E-state index >= 15 is 0 Å². The molecule has 4 heteroatoms. The summed E-state index contributed by atoms with van der Waals surface area (Å²) in [5.41, 5.74) is 4.75. The molecule has 3 nitrogen and oxygen atoms in total. The highest BCUT2D eigenvalue weighted by Gasteiger charge is 2.63. The Hall–Kier alpha value is -1.87. The number of hydrogen-bond donors (Lipinski definition) is 0. The van der Waals surface area contributed by atoms with Gasteiger partial charge in [-0.3, -0.25) is 9.59 Å². The summed E-state index contributed by atoms with van der Waals surface area (Å²) in [5.74, 6) is 3.08. The Bertz CT molecular complexity index is 1000. The molecule has 0 spiro atoms. The maximum atomic E-state index is 13.6. The average Bonchev–Trinajstić information content (AvgIpc) is 3.33. The molecular formula is C26H26ClNO2. The second-order valence-corrected chi connectivity index (χ2v) is 11.1. The maximum absolute atomic E-state index is 13.6. The van der Waals surface area contributed by atoms with Crippen LogP contribution in [-0.4, -0.2) is 11.8 Å². The van der Waals surface area contributed by atoms with E-state index in [-0.39, 0.29) is 35.5 Å². The summed E-state index contributed by atoms with van der Waals surface area (Å²) in [4.78, 5) is 28.6. The van der Waals surface area contributed by atoms with Crippen LogP contribution in [0.2, 0.25) is 5.02 Å². The van der Waals surface area contributed by atoms with E-state index in [0.717, 1.165) is 29.2 Å². The Balaban J connectivity index is 1.30. The molecule has 2 amide bonds. The number of imide groups is 1. The van der Waals surface area contributed by atoms with Crippen molar-refractivity contribution in [2.75, 3.05) is 4.90 Å². The third-order valence-electron chi connectivity index (χ3n) is 9.18. The molecule has 5 saturated carbocycles. The first-order chi connectivity index (χ1) is 14.5. The minimum Gasteiger partial charge on any atom is -0.274 e. The van der Waals surface area contributed by atoms with Gasteiger partial charge in [-0.05, 0) is 80.4 Å². The lowest BCUT2D eigenvalue weighted by atomic mass is 9.53. The number of rotatable bonds is 1. The number of hydrogen-bond acceptors (Lipinski definition) is 2. The van der Waals surface area contributed by atoms with Gasteiger partial charge in [-0.25, -0.2) is 4.90 Å². The zero-order valence-electron chi connectivity index (χ0n) is 17.2. The van der Waals surface area contributed by atoms with Crippen molar-refractivity contribution >= 4 is 29.1 Å². The van der Waals surface area contributed by atoms with E-state index in [1.165, 1.54) is 42.6 Å². The number of allylic oxidation sites excluding steroid dienone is 4. The van der Waals surface area contributed by atoms with Gasteiger partial charge in [-0.1, -0.05) is 41.0 Å². The molecule has 6 bridgehead atoms. The number of nitrogens with zero attached hydrogens (tertiary/aromatic N) is 1. The van der Waals surface area contributed by atoms with E-state index in [9.17, 15) is 9.59 Å².